The molecule has 0 radical (unpaired) electrons. The number of benzene rings is 1. The number of hydrogen-bond donors (Lipinski definition) is 1. The van der Waals surface area contributed by atoms with Crippen LogP contribution in [0.4, 0.5) is 4.39 Å². The lowest BCUT2D eigenvalue weighted by molar-refractivity contribution is -0.130. The Morgan fingerprint density at radius 2 is 2.23 bits per heavy atom. The fourth-order valence-corrected chi connectivity index (χ4v) is 0.850. The van der Waals surface area contributed by atoms with Gasteiger partial charge in [-0.25, -0.2) is 9.18 Å². The third-order valence-corrected chi connectivity index (χ3v) is 1.50. The van der Waals surface area contributed by atoms with Crippen LogP contribution in [0.15, 0.2) is 18.2 Å². The monoisotopic (exact) mass is 178 g/mol. The molecule has 1 N–H and O–H groups in total. The van der Waals surface area contributed by atoms with Crippen molar-refractivity contribution in [3.05, 3.63) is 35.1 Å². The normalized spacial score (nSPS) is 8.77. The molecule has 0 aromatic heterocycles. The highest BCUT2D eigenvalue weighted by molar-refractivity contribution is 5.87. The van der Waals surface area contributed by atoms with Gasteiger partial charge in [-0.05, 0) is 24.6 Å². The Kier molecular flexibility index (Phi) is 2.65. The van der Waals surface area contributed by atoms with E-state index in [9.17, 15) is 9.18 Å². The number of aliphatic carboxylic acids is 1. The van der Waals surface area contributed by atoms with E-state index in [2.05, 4.69) is 5.92 Å². The van der Waals surface area contributed by atoms with Crippen LogP contribution in [-0.4, -0.2) is 11.1 Å². The molecule has 0 aliphatic heterocycles. The van der Waals surface area contributed by atoms with Crippen molar-refractivity contribution in [1.29, 1.82) is 0 Å². The van der Waals surface area contributed by atoms with Gasteiger partial charge in [-0.15, -0.1) is 0 Å². The Morgan fingerprint density at radius 3 is 2.85 bits per heavy atom. The number of aryl methyl sites for hydroxylation is 1. The van der Waals surface area contributed by atoms with Crippen molar-refractivity contribution in [2.45, 2.75) is 6.92 Å². The van der Waals surface area contributed by atoms with E-state index in [4.69, 9.17) is 5.11 Å². The van der Waals surface area contributed by atoms with Gasteiger partial charge in [0.15, 0.2) is 0 Å². The van der Waals surface area contributed by atoms with E-state index in [1.54, 1.807) is 13.0 Å². The third-order valence-electron chi connectivity index (χ3n) is 1.50. The van der Waals surface area contributed by atoms with Gasteiger partial charge in [0.2, 0.25) is 0 Å². The lowest BCUT2D eigenvalue weighted by Gasteiger charge is -1.95. The van der Waals surface area contributed by atoms with E-state index in [-0.39, 0.29) is 0 Å². The van der Waals surface area contributed by atoms with Gasteiger partial charge in [0.05, 0.1) is 0 Å². The number of rotatable bonds is 0. The summed E-state index contributed by atoms with van der Waals surface area (Å²) in [5.74, 6) is 2.66. The Morgan fingerprint density at radius 1 is 1.54 bits per heavy atom. The second kappa shape index (κ2) is 3.72. The van der Waals surface area contributed by atoms with Crippen LogP contribution in [0.2, 0.25) is 0 Å². The van der Waals surface area contributed by atoms with Crippen molar-refractivity contribution < 1.29 is 14.3 Å². The molecular weight excluding hydrogens is 171 g/mol. The zero-order chi connectivity index (χ0) is 9.84. The molecule has 0 spiro atoms. The smallest absolute Gasteiger partial charge is 0.382 e. The van der Waals surface area contributed by atoms with Crippen LogP contribution >= 0.6 is 0 Å². The predicted molar refractivity (Wildman–Crippen MR) is 45.7 cm³/mol. The lowest BCUT2D eigenvalue weighted by atomic mass is 10.1. The van der Waals surface area contributed by atoms with Crippen LogP contribution in [0, 0.1) is 24.6 Å². The SMILES string of the molecule is Cc1ccc(F)cc1C#CC(=O)O. The van der Waals surface area contributed by atoms with Crippen LogP contribution in [0.5, 0.6) is 0 Å². The molecule has 0 fully saturated rings. The average Bonchev–Trinajstić information content (AvgIpc) is 2.06. The highest BCUT2D eigenvalue weighted by Crippen LogP contribution is 2.08. The second-order valence-corrected chi connectivity index (χ2v) is 2.51. The highest BCUT2D eigenvalue weighted by Gasteiger charge is 1.96. The number of carboxylic acids is 1. The van der Waals surface area contributed by atoms with Crippen LogP contribution in [0.25, 0.3) is 0 Å². The van der Waals surface area contributed by atoms with E-state index in [0.29, 0.717) is 5.56 Å². The third kappa shape index (κ3) is 2.60. The minimum absolute atomic E-state index is 0.405. The molecule has 0 aliphatic carbocycles. The van der Waals surface area contributed by atoms with Crippen LogP contribution < -0.4 is 0 Å². The molecule has 0 saturated heterocycles. The van der Waals surface area contributed by atoms with Crippen molar-refractivity contribution in [2.24, 2.45) is 0 Å². The van der Waals surface area contributed by atoms with E-state index in [0.717, 1.165) is 5.56 Å². The lowest BCUT2D eigenvalue weighted by Crippen LogP contribution is -1.89. The standard InChI is InChI=1S/C10H7FO2/c1-7-2-4-9(11)6-8(7)3-5-10(12)13/h2,4,6H,1H3,(H,12,13). The molecule has 0 aliphatic rings. The number of halogens is 1. The van der Waals surface area contributed by atoms with E-state index in [1.165, 1.54) is 12.1 Å². The Hall–Kier alpha value is -1.82. The number of carbonyl (C=O) groups is 1. The van der Waals surface area contributed by atoms with Crippen molar-refractivity contribution in [1.82, 2.24) is 0 Å². The Bertz CT molecular complexity index is 399. The molecule has 0 bridgehead atoms. The molecule has 66 valence electrons. The summed E-state index contributed by atoms with van der Waals surface area (Å²) >= 11 is 0. The molecule has 0 saturated carbocycles. The molecule has 1 aromatic carbocycles. The largest absolute Gasteiger partial charge is 0.472 e. The summed E-state index contributed by atoms with van der Waals surface area (Å²) < 4.78 is 12.7. The highest BCUT2D eigenvalue weighted by atomic mass is 19.1. The molecule has 3 heteroatoms. The molecule has 13 heavy (non-hydrogen) atoms. The van der Waals surface area contributed by atoms with Crippen molar-refractivity contribution in [3.8, 4) is 11.8 Å². The molecule has 0 heterocycles. The fourth-order valence-electron chi connectivity index (χ4n) is 0.850. The molecular formula is C10H7FO2. The first-order valence-electron chi connectivity index (χ1n) is 3.60. The molecule has 0 amide bonds. The van der Waals surface area contributed by atoms with Crippen molar-refractivity contribution in [2.75, 3.05) is 0 Å². The molecule has 1 aromatic rings. The van der Waals surface area contributed by atoms with Crippen molar-refractivity contribution >= 4 is 5.97 Å². The van der Waals surface area contributed by atoms with E-state index >= 15 is 0 Å². The molecule has 2 nitrogen and oxygen atoms in total. The quantitative estimate of drug-likeness (QED) is 0.612. The first-order valence-corrected chi connectivity index (χ1v) is 3.60. The first kappa shape index (κ1) is 9.27. The van der Waals surface area contributed by atoms with E-state index < -0.39 is 11.8 Å². The first-order chi connectivity index (χ1) is 6.09. The summed E-state index contributed by atoms with van der Waals surface area (Å²) in [5.41, 5.74) is 1.16. The summed E-state index contributed by atoms with van der Waals surface area (Å²) in [6, 6.07) is 4.08. The zero-order valence-electron chi connectivity index (χ0n) is 6.97. The van der Waals surface area contributed by atoms with Crippen LogP contribution in [0.1, 0.15) is 11.1 Å². The second-order valence-electron chi connectivity index (χ2n) is 2.51. The number of hydrogen-bond acceptors (Lipinski definition) is 1. The average molecular weight is 178 g/mol. The van der Waals surface area contributed by atoms with E-state index in [1.807, 2.05) is 5.92 Å². The summed E-state index contributed by atoms with van der Waals surface area (Å²) in [4.78, 5) is 10.1. The minimum atomic E-state index is -1.22. The summed E-state index contributed by atoms with van der Waals surface area (Å²) in [6.07, 6.45) is 0. The van der Waals surface area contributed by atoms with Gasteiger partial charge in [-0.1, -0.05) is 12.0 Å². The summed E-state index contributed by atoms with van der Waals surface area (Å²) in [5, 5.41) is 8.27. The van der Waals surface area contributed by atoms with Crippen LogP contribution in [-0.2, 0) is 4.79 Å². The molecule has 0 atom stereocenters. The van der Waals surface area contributed by atoms with Gasteiger partial charge in [-0.3, -0.25) is 0 Å². The zero-order valence-corrected chi connectivity index (χ0v) is 6.97. The Balaban J connectivity index is 3.09. The topological polar surface area (TPSA) is 37.3 Å². The maximum Gasteiger partial charge on any atom is 0.382 e. The minimum Gasteiger partial charge on any atom is -0.472 e. The van der Waals surface area contributed by atoms with Gasteiger partial charge in [-0.2, -0.15) is 0 Å². The predicted octanol–water partition coefficient (Wildman–Crippen LogP) is 1.57. The fraction of sp³-hybridized carbons (Fsp3) is 0.100. The van der Waals surface area contributed by atoms with Gasteiger partial charge >= 0.3 is 5.97 Å². The summed E-state index contributed by atoms with van der Waals surface area (Å²) in [6.45, 7) is 1.74. The van der Waals surface area contributed by atoms with Gasteiger partial charge < -0.3 is 5.11 Å². The Labute approximate surface area is 75.0 Å². The van der Waals surface area contributed by atoms with Gasteiger partial charge in [0.25, 0.3) is 0 Å². The summed E-state index contributed by atoms with van der Waals surface area (Å²) in [7, 11) is 0. The maximum absolute atomic E-state index is 12.7. The number of carboxylic acid groups (broad SMARTS) is 1. The maximum atomic E-state index is 12.7. The van der Waals surface area contributed by atoms with Crippen LogP contribution in [0.3, 0.4) is 0 Å². The molecule has 0 unspecified atom stereocenters. The van der Waals surface area contributed by atoms with Gasteiger partial charge in [0.1, 0.15) is 5.82 Å². The van der Waals surface area contributed by atoms with Crippen molar-refractivity contribution in [3.63, 3.8) is 0 Å². The van der Waals surface area contributed by atoms with Gasteiger partial charge in [0, 0.05) is 11.5 Å². The molecule has 1 rings (SSSR count).